The first-order chi connectivity index (χ1) is 10.1. The van der Waals surface area contributed by atoms with E-state index in [2.05, 4.69) is 20.3 Å². The highest BCUT2D eigenvalue weighted by molar-refractivity contribution is 5.93. The van der Waals surface area contributed by atoms with E-state index in [-0.39, 0.29) is 0 Å². The van der Waals surface area contributed by atoms with Crippen molar-refractivity contribution >= 4 is 5.91 Å². The molecule has 0 aliphatic carbocycles. The summed E-state index contributed by atoms with van der Waals surface area (Å²) in [5.41, 5.74) is 6.30. The number of amides is 1. The summed E-state index contributed by atoms with van der Waals surface area (Å²) in [6.07, 6.45) is 0.320. The lowest BCUT2D eigenvalue weighted by Crippen LogP contribution is -2.10. The van der Waals surface area contributed by atoms with E-state index < -0.39 is 5.91 Å². The molecule has 0 spiro atoms. The topological polar surface area (TPSA) is 121 Å². The molecule has 0 saturated carbocycles. The number of primary amides is 1. The van der Waals surface area contributed by atoms with Crippen LogP contribution in [-0.2, 0) is 6.42 Å². The van der Waals surface area contributed by atoms with E-state index in [0.29, 0.717) is 41.0 Å². The summed E-state index contributed by atoms with van der Waals surface area (Å²) in [7, 11) is 0. The second-order valence-electron chi connectivity index (χ2n) is 4.36. The molecule has 0 aliphatic heterocycles. The molecule has 0 aliphatic rings. The lowest BCUT2D eigenvalue weighted by Gasteiger charge is -1.96. The maximum absolute atomic E-state index is 11.0. The lowest BCUT2D eigenvalue weighted by molar-refractivity contribution is 0.100. The molecule has 2 N–H and O–H groups in total. The Morgan fingerprint density at radius 3 is 2.38 bits per heavy atom. The van der Waals surface area contributed by atoms with Gasteiger partial charge in [0.25, 0.3) is 5.89 Å². The highest BCUT2D eigenvalue weighted by Crippen LogP contribution is 2.18. The predicted molar refractivity (Wildman–Crippen MR) is 70.1 cm³/mol. The summed E-state index contributed by atoms with van der Waals surface area (Å²) in [4.78, 5) is 19.3. The lowest BCUT2D eigenvalue weighted by atomic mass is 10.1. The first-order valence-electron chi connectivity index (χ1n) is 6.14. The maximum atomic E-state index is 11.0. The van der Waals surface area contributed by atoms with E-state index in [1.807, 2.05) is 0 Å². The minimum absolute atomic E-state index is 0.320. The Balaban J connectivity index is 1.79. The Hall–Kier alpha value is -3.03. The van der Waals surface area contributed by atoms with Gasteiger partial charge < -0.3 is 14.8 Å². The van der Waals surface area contributed by atoms with Gasteiger partial charge in [0.05, 0.1) is 6.42 Å². The number of carbonyl (C=O) groups excluding carboxylic acids is 1. The van der Waals surface area contributed by atoms with Gasteiger partial charge in [-0.15, -0.1) is 0 Å². The average Bonchev–Trinajstić information content (AvgIpc) is 3.09. The molecule has 2 heterocycles. The molecule has 0 unspecified atom stereocenters. The van der Waals surface area contributed by atoms with Crippen molar-refractivity contribution in [1.29, 1.82) is 0 Å². The number of hydrogen-bond donors (Lipinski definition) is 1. The maximum Gasteiger partial charge on any atom is 0.257 e. The Labute approximate surface area is 119 Å². The van der Waals surface area contributed by atoms with Crippen LogP contribution in [0.2, 0.25) is 0 Å². The van der Waals surface area contributed by atoms with Crippen LogP contribution in [0.25, 0.3) is 11.5 Å². The van der Waals surface area contributed by atoms with Gasteiger partial charge in [-0.3, -0.25) is 4.79 Å². The molecule has 1 aromatic carbocycles. The molecule has 0 bridgehead atoms. The molecule has 0 radical (unpaired) electrons. The molecule has 1 amide bonds. The molecule has 8 heteroatoms. The van der Waals surface area contributed by atoms with Crippen LogP contribution in [0.4, 0.5) is 0 Å². The van der Waals surface area contributed by atoms with Crippen LogP contribution in [0.15, 0.2) is 33.3 Å². The Kier molecular flexibility index (Phi) is 3.19. The van der Waals surface area contributed by atoms with E-state index in [0.717, 1.165) is 0 Å². The van der Waals surface area contributed by atoms with Gasteiger partial charge in [0.2, 0.25) is 11.8 Å². The third-order valence-corrected chi connectivity index (χ3v) is 2.77. The number of carbonyl (C=O) groups is 1. The first-order valence-corrected chi connectivity index (χ1v) is 6.14. The Morgan fingerprint density at radius 2 is 1.76 bits per heavy atom. The highest BCUT2D eigenvalue weighted by atomic mass is 16.5. The summed E-state index contributed by atoms with van der Waals surface area (Å²) < 4.78 is 10.0. The van der Waals surface area contributed by atoms with Crippen molar-refractivity contribution in [3.05, 3.63) is 47.4 Å². The van der Waals surface area contributed by atoms with Crippen LogP contribution in [0.5, 0.6) is 0 Å². The largest absolute Gasteiger partial charge is 0.366 e. The van der Waals surface area contributed by atoms with Crippen molar-refractivity contribution in [2.75, 3.05) is 0 Å². The van der Waals surface area contributed by atoms with Crippen LogP contribution in [0.1, 0.15) is 27.9 Å². The van der Waals surface area contributed by atoms with E-state index in [1.165, 1.54) is 0 Å². The second-order valence-corrected chi connectivity index (χ2v) is 4.36. The van der Waals surface area contributed by atoms with E-state index >= 15 is 0 Å². The van der Waals surface area contributed by atoms with Crippen LogP contribution < -0.4 is 5.73 Å². The zero-order valence-corrected chi connectivity index (χ0v) is 11.1. The van der Waals surface area contributed by atoms with Crippen molar-refractivity contribution in [2.45, 2.75) is 13.3 Å². The Morgan fingerprint density at radius 1 is 1.10 bits per heavy atom. The summed E-state index contributed by atoms with van der Waals surface area (Å²) >= 11 is 0. The molecule has 3 aromatic rings. The SMILES string of the molecule is Cc1nc(Cc2noc(-c3ccc(C(N)=O)cc3)n2)no1. The summed E-state index contributed by atoms with van der Waals surface area (Å²) in [5.74, 6) is 1.28. The summed E-state index contributed by atoms with van der Waals surface area (Å²) in [6, 6.07) is 6.58. The predicted octanol–water partition coefficient (Wildman–Crippen LogP) is 1.12. The van der Waals surface area contributed by atoms with E-state index in [4.69, 9.17) is 14.8 Å². The third-order valence-electron chi connectivity index (χ3n) is 2.77. The molecule has 106 valence electrons. The molecule has 8 nitrogen and oxygen atoms in total. The molecule has 2 aromatic heterocycles. The number of hydrogen-bond acceptors (Lipinski definition) is 7. The monoisotopic (exact) mass is 285 g/mol. The normalized spacial score (nSPS) is 10.7. The smallest absolute Gasteiger partial charge is 0.257 e. The van der Waals surface area contributed by atoms with Gasteiger partial charge in [-0.05, 0) is 24.3 Å². The third kappa shape index (κ3) is 2.78. The number of nitrogens with two attached hydrogens (primary N) is 1. The Bertz CT molecular complexity index is 775. The van der Waals surface area contributed by atoms with Crippen molar-refractivity contribution < 1.29 is 13.8 Å². The fourth-order valence-electron chi connectivity index (χ4n) is 1.77. The standard InChI is InChI=1S/C13H11N5O3/c1-7-15-10(17-20-7)6-11-16-13(21-18-11)9-4-2-8(3-5-9)12(14)19/h2-5H,6H2,1H3,(H2,14,19). The van der Waals surface area contributed by atoms with Gasteiger partial charge in [0, 0.05) is 18.1 Å². The van der Waals surface area contributed by atoms with Crippen LogP contribution >= 0.6 is 0 Å². The number of aromatic nitrogens is 4. The fourth-order valence-corrected chi connectivity index (χ4v) is 1.77. The molecule has 0 atom stereocenters. The molecule has 0 saturated heterocycles. The summed E-state index contributed by atoms with van der Waals surface area (Å²) in [6.45, 7) is 1.71. The van der Waals surface area contributed by atoms with Gasteiger partial charge >= 0.3 is 0 Å². The second kappa shape index (κ2) is 5.16. The van der Waals surface area contributed by atoms with Crippen LogP contribution in [0.3, 0.4) is 0 Å². The van der Waals surface area contributed by atoms with Crippen LogP contribution in [-0.4, -0.2) is 26.2 Å². The van der Waals surface area contributed by atoms with Gasteiger partial charge in [0.15, 0.2) is 11.6 Å². The average molecular weight is 285 g/mol. The van der Waals surface area contributed by atoms with Gasteiger partial charge in [0.1, 0.15) is 0 Å². The molecule has 21 heavy (non-hydrogen) atoms. The minimum Gasteiger partial charge on any atom is -0.366 e. The fraction of sp³-hybridized carbons (Fsp3) is 0.154. The van der Waals surface area contributed by atoms with Crippen molar-refractivity contribution in [1.82, 2.24) is 20.3 Å². The van der Waals surface area contributed by atoms with Crippen molar-refractivity contribution in [3.63, 3.8) is 0 Å². The molecular formula is C13H11N5O3. The van der Waals surface area contributed by atoms with E-state index in [1.54, 1.807) is 31.2 Å². The van der Waals surface area contributed by atoms with Gasteiger partial charge in [-0.2, -0.15) is 9.97 Å². The number of aryl methyl sites for hydroxylation is 1. The highest BCUT2D eigenvalue weighted by Gasteiger charge is 2.12. The van der Waals surface area contributed by atoms with Gasteiger partial charge in [-0.25, -0.2) is 0 Å². The number of rotatable bonds is 4. The zero-order valence-electron chi connectivity index (χ0n) is 11.1. The molecular weight excluding hydrogens is 274 g/mol. The minimum atomic E-state index is -0.486. The first kappa shape index (κ1) is 13.0. The number of nitrogens with zero attached hydrogens (tertiary/aromatic N) is 4. The van der Waals surface area contributed by atoms with Gasteiger partial charge in [-0.1, -0.05) is 10.3 Å². The quantitative estimate of drug-likeness (QED) is 0.762. The number of benzene rings is 1. The molecule has 0 fully saturated rings. The van der Waals surface area contributed by atoms with Crippen LogP contribution in [0, 0.1) is 6.92 Å². The van der Waals surface area contributed by atoms with E-state index in [9.17, 15) is 4.79 Å². The van der Waals surface area contributed by atoms with Crippen molar-refractivity contribution in [3.8, 4) is 11.5 Å². The summed E-state index contributed by atoms with van der Waals surface area (Å²) in [5, 5.41) is 7.62. The zero-order chi connectivity index (χ0) is 14.8. The van der Waals surface area contributed by atoms with Crippen molar-refractivity contribution in [2.24, 2.45) is 5.73 Å². The molecule has 3 rings (SSSR count).